The SMILES string of the molecule is CCOC1CCC(N(c2cc(-c3cnn4cc(Cl)cnc34)ncc2C(N)=O)C(C)C)CC1. The number of pyridine rings is 1. The largest absolute Gasteiger partial charge is 0.379 e. The van der Waals surface area contributed by atoms with Gasteiger partial charge in [0.05, 0.1) is 46.0 Å². The summed E-state index contributed by atoms with van der Waals surface area (Å²) < 4.78 is 7.45. The van der Waals surface area contributed by atoms with Crippen LogP contribution in [-0.4, -0.2) is 50.3 Å². The molecule has 3 heterocycles. The molecule has 0 aromatic carbocycles. The summed E-state index contributed by atoms with van der Waals surface area (Å²) in [5.74, 6) is -0.488. The van der Waals surface area contributed by atoms with Crippen molar-refractivity contribution in [2.75, 3.05) is 11.5 Å². The zero-order valence-corrected chi connectivity index (χ0v) is 19.4. The first kappa shape index (κ1) is 22.5. The van der Waals surface area contributed by atoms with E-state index in [2.05, 4.69) is 33.8 Å². The van der Waals surface area contributed by atoms with Crippen LogP contribution in [0, 0.1) is 0 Å². The highest BCUT2D eigenvalue weighted by molar-refractivity contribution is 6.30. The number of anilines is 1. The predicted octanol–water partition coefficient (Wildman–Crippen LogP) is 4.11. The Morgan fingerprint density at radius 3 is 2.66 bits per heavy atom. The topological polar surface area (TPSA) is 98.6 Å². The minimum absolute atomic E-state index is 0.179. The number of nitrogens with zero attached hydrogens (tertiary/aromatic N) is 5. The van der Waals surface area contributed by atoms with E-state index in [1.165, 1.54) is 0 Å². The first-order valence-corrected chi connectivity index (χ1v) is 11.5. The quantitative estimate of drug-likeness (QED) is 0.574. The molecule has 0 bridgehead atoms. The first-order valence-electron chi connectivity index (χ1n) is 11.1. The van der Waals surface area contributed by atoms with Crippen LogP contribution < -0.4 is 10.6 Å². The molecule has 1 fully saturated rings. The summed E-state index contributed by atoms with van der Waals surface area (Å²) in [6.45, 7) is 7.05. The third-order valence-electron chi connectivity index (χ3n) is 6.02. The lowest BCUT2D eigenvalue weighted by Gasteiger charge is -2.41. The van der Waals surface area contributed by atoms with E-state index < -0.39 is 5.91 Å². The van der Waals surface area contributed by atoms with Crippen molar-refractivity contribution in [1.82, 2.24) is 19.6 Å². The fourth-order valence-electron chi connectivity index (χ4n) is 4.65. The smallest absolute Gasteiger partial charge is 0.252 e. The molecule has 0 aliphatic heterocycles. The molecule has 0 spiro atoms. The van der Waals surface area contributed by atoms with Crippen LogP contribution in [0.5, 0.6) is 0 Å². The lowest BCUT2D eigenvalue weighted by Crippen LogP contribution is -2.44. The fraction of sp³-hybridized carbons (Fsp3) is 0.478. The van der Waals surface area contributed by atoms with Gasteiger partial charge in [0.15, 0.2) is 5.65 Å². The second-order valence-corrected chi connectivity index (χ2v) is 8.87. The summed E-state index contributed by atoms with van der Waals surface area (Å²) in [5.41, 5.74) is 9.06. The molecule has 4 rings (SSSR count). The van der Waals surface area contributed by atoms with E-state index >= 15 is 0 Å². The van der Waals surface area contributed by atoms with Crippen molar-refractivity contribution in [1.29, 1.82) is 0 Å². The lowest BCUT2D eigenvalue weighted by atomic mass is 9.90. The molecule has 9 heteroatoms. The summed E-state index contributed by atoms with van der Waals surface area (Å²) in [6.07, 6.45) is 10.9. The van der Waals surface area contributed by atoms with Crippen LogP contribution in [0.3, 0.4) is 0 Å². The average molecular weight is 457 g/mol. The van der Waals surface area contributed by atoms with Gasteiger partial charge < -0.3 is 15.4 Å². The van der Waals surface area contributed by atoms with Crippen LogP contribution in [0.4, 0.5) is 5.69 Å². The number of ether oxygens (including phenoxy) is 1. The molecule has 8 nitrogen and oxygen atoms in total. The van der Waals surface area contributed by atoms with Crippen LogP contribution in [0.15, 0.2) is 30.9 Å². The van der Waals surface area contributed by atoms with Crippen molar-refractivity contribution < 1.29 is 9.53 Å². The summed E-state index contributed by atoms with van der Waals surface area (Å²) in [4.78, 5) is 23.6. The van der Waals surface area contributed by atoms with Crippen molar-refractivity contribution in [2.24, 2.45) is 5.73 Å². The molecule has 0 unspecified atom stereocenters. The highest BCUT2D eigenvalue weighted by atomic mass is 35.5. The number of fused-ring (bicyclic) bond motifs is 1. The molecule has 1 amide bonds. The standard InChI is InChI=1S/C23H29ClN6O2/c1-4-32-17-7-5-16(6-8-17)30(14(2)3)21-9-20(26-11-19(21)22(25)31)18-12-28-29-13-15(24)10-27-23(18)29/h9-14,16-17H,4-8H2,1-3H3,(H2,25,31). The molecule has 1 aliphatic carbocycles. The summed E-state index contributed by atoms with van der Waals surface area (Å²) in [6, 6.07) is 2.40. The molecule has 32 heavy (non-hydrogen) atoms. The zero-order valence-electron chi connectivity index (χ0n) is 18.7. The Hall–Kier alpha value is -2.71. The van der Waals surface area contributed by atoms with Crippen molar-refractivity contribution in [3.63, 3.8) is 0 Å². The Morgan fingerprint density at radius 1 is 1.25 bits per heavy atom. The molecule has 0 atom stereocenters. The van der Waals surface area contributed by atoms with Gasteiger partial charge in [-0.2, -0.15) is 5.10 Å². The van der Waals surface area contributed by atoms with Crippen LogP contribution in [-0.2, 0) is 4.74 Å². The minimum atomic E-state index is -0.488. The van der Waals surface area contributed by atoms with Gasteiger partial charge in [-0.25, -0.2) is 9.50 Å². The second-order valence-electron chi connectivity index (χ2n) is 8.44. The molecule has 3 aromatic heterocycles. The number of hydrogen-bond donors (Lipinski definition) is 1. The maximum atomic E-state index is 12.3. The van der Waals surface area contributed by atoms with Crippen LogP contribution in [0.1, 0.15) is 56.8 Å². The summed E-state index contributed by atoms with van der Waals surface area (Å²) in [5, 5.41) is 4.85. The molecule has 3 aromatic rings. The average Bonchev–Trinajstić information content (AvgIpc) is 3.18. The maximum Gasteiger partial charge on any atom is 0.252 e. The number of amides is 1. The molecule has 170 valence electrons. The number of nitrogens with two attached hydrogens (primary N) is 1. The van der Waals surface area contributed by atoms with E-state index in [1.807, 2.05) is 13.0 Å². The molecule has 0 radical (unpaired) electrons. The van der Waals surface area contributed by atoms with Gasteiger partial charge in [-0.05, 0) is 52.5 Å². The third kappa shape index (κ3) is 4.42. The van der Waals surface area contributed by atoms with Crippen LogP contribution in [0.25, 0.3) is 16.9 Å². The normalized spacial score (nSPS) is 18.9. The van der Waals surface area contributed by atoms with Gasteiger partial charge in [0, 0.05) is 31.1 Å². The molecule has 1 saturated carbocycles. The number of rotatable bonds is 7. The number of aromatic nitrogens is 4. The third-order valence-corrected chi connectivity index (χ3v) is 6.22. The van der Waals surface area contributed by atoms with Crippen molar-refractivity contribution in [3.05, 3.63) is 41.4 Å². The number of primary amides is 1. The number of hydrogen-bond acceptors (Lipinski definition) is 6. The van der Waals surface area contributed by atoms with E-state index in [1.54, 1.807) is 29.3 Å². The highest BCUT2D eigenvalue weighted by Crippen LogP contribution is 2.35. The minimum Gasteiger partial charge on any atom is -0.379 e. The summed E-state index contributed by atoms with van der Waals surface area (Å²) in [7, 11) is 0. The van der Waals surface area contributed by atoms with E-state index in [-0.39, 0.29) is 6.04 Å². The summed E-state index contributed by atoms with van der Waals surface area (Å²) >= 11 is 6.04. The molecule has 0 saturated heterocycles. The molecule has 2 N–H and O–H groups in total. The maximum absolute atomic E-state index is 12.3. The number of carbonyl (C=O) groups excluding carboxylic acids is 1. The van der Waals surface area contributed by atoms with Gasteiger partial charge >= 0.3 is 0 Å². The Bertz CT molecular complexity index is 1110. The van der Waals surface area contributed by atoms with Crippen molar-refractivity contribution in [2.45, 2.75) is 64.6 Å². The van der Waals surface area contributed by atoms with Gasteiger partial charge in [0.25, 0.3) is 5.91 Å². The van der Waals surface area contributed by atoms with Gasteiger partial charge in [-0.15, -0.1) is 0 Å². The number of halogens is 1. The van der Waals surface area contributed by atoms with Gasteiger partial charge in [0.1, 0.15) is 0 Å². The van der Waals surface area contributed by atoms with Crippen molar-refractivity contribution >= 4 is 28.8 Å². The fourth-order valence-corrected chi connectivity index (χ4v) is 4.79. The van der Waals surface area contributed by atoms with E-state index in [0.717, 1.165) is 43.5 Å². The Labute approximate surface area is 192 Å². The highest BCUT2D eigenvalue weighted by Gasteiger charge is 2.30. The van der Waals surface area contributed by atoms with Gasteiger partial charge in [-0.3, -0.25) is 9.78 Å². The van der Waals surface area contributed by atoms with E-state index in [4.69, 9.17) is 22.1 Å². The zero-order chi connectivity index (χ0) is 22.8. The van der Waals surface area contributed by atoms with Crippen LogP contribution >= 0.6 is 11.6 Å². The lowest BCUT2D eigenvalue weighted by molar-refractivity contribution is 0.0322. The monoisotopic (exact) mass is 456 g/mol. The Morgan fingerprint density at radius 2 is 2.00 bits per heavy atom. The number of carbonyl (C=O) groups is 1. The van der Waals surface area contributed by atoms with E-state index in [0.29, 0.717) is 34.1 Å². The predicted molar refractivity (Wildman–Crippen MR) is 125 cm³/mol. The first-order chi connectivity index (χ1) is 15.4. The van der Waals surface area contributed by atoms with Crippen molar-refractivity contribution in [3.8, 4) is 11.3 Å². The van der Waals surface area contributed by atoms with E-state index in [9.17, 15) is 4.79 Å². The molecular formula is C23H29ClN6O2. The Kier molecular flexibility index (Phi) is 6.62. The van der Waals surface area contributed by atoms with Crippen LogP contribution in [0.2, 0.25) is 5.02 Å². The van der Waals surface area contributed by atoms with Gasteiger partial charge in [-0.1, -0.05) is 11.6 Å². The second kappa shape index (κ2) is 9.42. The molecular weight excluding hydrogens is 428 g/mol. The Balaban J connectivity index is 1.74. The van der Waals surface area contributed by atoms with Gasteiger partial charge in [0.2, 0.25) is 0 Å². The molecule has 1 aliphatic rings.